The van der Waals surface area contributed by atoms with Gasteiger partial charge in [0.1, 0.15) is 24.2 Å². The third-order valence-electron chi connectivity index (χ3n) is 14.4. The number of carbonyl (C=O) groups is 10. The summed E-state index contributed by atoms with van der Waals surface area (Å²) in [5, 5.41) is 73.0. The zero-order chi connectivity index (χ0) is 59.9. The minimum Gasteiger partial charge on any atom is -0.480 e. The molecule has 30 heteroatoms. The molecule has 0 spiro atoms. The van der Waals surface area contributed by atoms with Crippen LogP contribution in [0.1, 0.15) is 63.4 Å². The van der Waals surface area contributed by atoms with Crippen molar-refractivity contribution in [2.45, 2.75) is 94.9 Å². The van der Waals surface area contributed by atoms with Crippen molar-refractivity contribution in [3.05, 3.63) is 69.1 Å². The number of nitrogens with one attached hydrogen (secondary N) is 6. The number of aromatic nitrogens is 2. The van der Waals surface area contributed by atoms with Crippen LogP contribution in [0.3, 0.4) is 0 Å². The highest BCUT2D eigenvalue weighted by molar-refractivity contribution is 5.90. The number of H-pyrrole nitrogens is 1. The Morgan fingerprint density at radius 2 is 1.17 bits per heavy atom. The maximum atomic E-state index is 13.9. The fraction of sp³-hybridized carbons (Fsp3) is 0.577. The molecule has 5 rings (SSSR count). The Kier molecular flexibility index (Phi) is 25.4. The number of nitrogens with zero attached hydrogens (tertiary/aromatic N) is 5. The van der Waals surface area contributed by atoms with Crippen LogP contribution in [0.4, 0.5) is 4.79 Å². The number of aromatic amines is 1. The van der Waals surface area contributed by atoms with Crippen molar-refractivity contribution in [2.75, 3.05) is 85.1 Å². The van der Waals surface area contributed by atoms with Gasteiger partial charge >= 0.3 is 53.3 Å². The molecule has 450 valence electrons. The van der Waals surface area contributed by atoms with Gasteiger partial charge in [0.2, 0.25) is 17.7 Å². The number of unbranched alkanes of at least 4 members (excludes halogenated alkanes) is 1. The molecule has 2 aliphatic rings. The van der Waals surface area contributed by atoms with Crippen molar-refractivity contribution in [1.82, 2.24) is 55.9 Å². The summed E-state index contributed by atoms with van der Waals surface area (Å²) < 4.78 is 4.92. The molecule has 1 saturated carbocycles. The molecule has 2 heterocycles. The fourth-order valence-electron chi connectivity index (χ4n) is 9.93. The maximum Gasteiger partial charge on any atom is 0.440 e. The van der Waals surface area contributed by atoms with Crippen molar-refractivity contribution >= 4 is 70.3 Å². The molecule has 0 radical (unpaired) electrons. The summed E-state index contributed by atoms with van der Waals surface area (Å²) >= 11 is 0. The van der Waals surface area contributed by atoms with Gasteiger partial charge in [0.25, 0.3) is 0 Å². The summed E-state index contributed by atoms with van der Waals surface area (Å²) in [6.07, 6.45) is 2.14. The second kappa shape index (κ2) is 32.3. The van der Waals surface area contributed by atoms with Gasteiger partial charge in [0.05, 0.1) is 26.2 Å². The normalized spacial score (nSPS) is 18.5. The van der Waals surface area contributed by atoms with Crippen LogP contribution in [0.25, 0.3) is 10.8 Å². The molecule has 30 nitrogen and oxygen atoms in total. The van der Waals surface area contributed by atoms with Gasteiger partial charge < -0.3 is 61.7 Å². The molecule has 1 aliphatic heterocycles. The van der Waals surface area contributed by atoms with Crippen molar-refractivity contribution < 1.29 is 83.1 Å². The van der Waals surface area contributed by atoms with Gasteiger partial charge in [0.15, 0.2) is 0 Å². The van der Waals surface area contributed by atoms with E-state index in [2.05, 4.69) is 25.8 Å². The van der Waals surface area contributed by atoms with Crippen LogP contribution in [0.5, 0.6) is 0 Å². The standard InChI is InChI=1S/C52H73N11O19/c64-41(15-14-40(49(77)78)62-23-21-60(30-43(67)68)19-17-59(29-42(65)66)18-20-61(22-24-62)31-44(69)70)54-27-32-8-12-35(13-9-32)45(71)55-38(26-33-10-11-34-5-1-2-6-36(34)25-33)46(72)53-16-4-3-7-37(47(73)74)56-50(79)57-39(48(75)76)28-63-51(80)58-52(81)82-63/h1-2,5-6,10-11,25,32,35,37-40H,3-4,7-9,12-24,26-31H2,(H,53,72)(H,54,64)(H,55,71)(H,65,66)(H,67,68)(H,69,70)(H,73,74)(H,75,76)(H,77,78)(H2,56,57,79)(H,58,80,81)/t32-,35-,37-,38-,39-,40?/m0/s1. The smallest absolute Gasteiger partial charge is 0.440 e. The zero-order valence-electron chi connectivity index (χ0n) is 45.2. The Hall–Kier alpha value is -8.22. The molecule has 5 amide bonds. The van der Waals surface area contributed by atoms with Crippen LogP contribution in [0.15, 0.2) is 56.6 Å². The highest BCUT2D eigenvalue weighted by Gasteiger charge is 2.33. The van der Waals surface area contributed by atoms with E-state index in [0.717, 1.165) is 16.3 Å². The Morgan fingerprint density at radius 3 is 1.71 bits per heavy atom. The quantitative estimate of drug-likeness (QED) is 0.0339. The summed E-state index contributed by atoms with van der Waals surface area (Å²) in [5.74, 6) is -10.5. The number of urea groups is 1. The van der Waals surface area contributed by atoms with E-state index in [1.165, 1.54) is 0 Å². The molecule has 1 aromatic heterocycles. The lowest BCUT2D eigenvalue weighted by atomic mass is 9.81. The number of benzene rings is 2. The van der Waals surface area contributed by atoms with Crippen molar-refractivity contribution in [3.63, 3.8) is 0 Å². The molecule has 82 heavy (non-hydrogen) atoms. The molecule has 0 bridgehead atoms. The first-order valence-electron chi connectivity index (χ1n) is 27.0. The fourth-order valence-corrected chi connectivity index (χ4v) is 9.93. The lowest BCUT2D eigenvalue weighted by Gasteiger charge is -2.35. The van der Waals surface area contributed by atoms with Gasteiger partial charge in [-0.25, -0.2) is 29.0 Å². The highest BCUT2D eigenvalue weighted by Crippen LogP contribution is 2.29. The third-order valence-corrected chi connectivity index (χ3v) is 14.4. The lowest BCUT2D eigenvalue weighted by Crippen LogP contribution is -2.52. The summed E-state index contributed by atoms with van der Waals surface area (Å²) in [7, 11) is 0. The van der Waals surface area contributed by atoms with Gasteiger partial charge in [-0.05, 0) is 73.6 Å². The Balaban J connectivity index is 1.12. The molecular formula is C52H73N11O19. The second-order valence-electron chi connectivity index (χ2n) is 20.5. The van der Waals surface area contributed by atoms with Gasteiger partial charge in [-0.1, -0.05) is 42.5 Å². The van der Waals surface area contributed by atoms with Crippen molar-refractivity contribution in [3.8, 4) is 0 Å². The van der Waals surface area contributed by atoms with E-state index < -0.39 is 102 Å². The Labute approximate surface area is 469 Å². The third kappa shape index (κ3) is 22.0. The predicted octanol–water partition coefficient (Wildman–Crippen LogP) is -1.87. The zero-order valence-corrected chi connectivity index (χ0v) is 45.2. The van der Waals surface area contributed by atoms with Crippen LogP contribution in [-0.2, 0) is 56.1 Å². The average Bonchev–Trinajstić information content (AvgIpc) is 3.76. The van der Waals surface area contributed by atoms with Crippen LogP contribution in [-0.4, -0.2) is 229 Å². The van der Waals surface area contributed by atoms with Crippen molar-refractivity contribution in [1.29, 1.82) is 0 Å². The molecule has 3 aromatic rings. The minimum atomic E-state index is -1.78. The van der Waals surface area contributed by atoms with Crippen LogP contribution in [0, 0.1) is 11.8 Å². The summed E-state index contributed by atoms with van der Waals surface area (Å²) in [6, 6.07) is 6.66. The van der Waals surface area contributed by atoms with Gasteiger partial charge in [-0.2, -0.15) is 0 Å². The molecule has 1 unspecified atom stereocenters. The Bertz CT molecular complexity index is 2800. The van der Waals surface area contributed by atoms with Gasteiger partial charge in [0, 0.05) is 84.2 Å². The number of fused-ring (bicyclic) bond motifs is 1. The monoisotopic (exact) mass is 1160 g/mol. The Morgan fingerprint density at radius 1 is 0.610 bits per heavy atom. The van der Waals surface area contributed by atoms with E-state index in [-0.39, 0.29) is 135 Å². The molecular weight excluding hydrogens is 1080 g/mol. The summed E-state index contributed by atoms with van der Waals surface area (Å²) in [6.45, 7) is -0.608. The highest BCUT2D eigenvalue weighted by atomic mass is 16.5. The molecule has 2 fully saturated rings. The number of carboxylic acids is 6. The molecule has 4 atom stereocenters. The number of carbonyl (C=O) groups excluding carboxylic acids is 4. The first kappa shape index (κ1) is 64.6. The predicted molar refractivity (Wildman–Crippen MR) is 287 cm³/mol. The van der Waals surface area contributed by atoms with E-state index in [0.29, 0.717) is 30.4 Å². The van der Waals surface area contributed by atoms with E-state index in [4.69, 9.17) is 0 Å². The van der Waals surface area contributed by atoms with E-state index >= 15 is 0 Å². The number of aliphatic carboxylic acids is 6. The molecule has 1 saturated heterocycles. The number of amides is 5. The largest absolute Gasteiger partial charge is 0.480 e. The first-order valence-corrected chi connectivity index (χ1v) is 27.0. The van der Waals surface area contributed by atoms with Crippen LogP contribution >= 0.6 is 0 Å². The molecule has 12 N–H and O–H groups in total. The maximum absolute atomic E-state index is 13.9. The van der Waals surface area contributed by atoms with E-state index in [1.807, 2.05) is 47.8 Å². The van der Waals surface area contributed by atoms with Crippen molar-refractivity contribution in [2.24, 2.45) is 11.8 Å². The van der Waals surface area contributed by atoms with Crippen LogP contribution < -0.4 is 38.0 Å². The van der Waals surface area contributed by atoms with E-state index in [9.17, 15) is 88.2 Å². The second-order valence-corrected chi connectivity index (χ2v) is 20.5. The molecule has 2 aromatic carbocycles. The lowest BCUT2D eigenvalue weighted by molar-refractivity contribution is -0.145. The minimum absolute atomic E-state index is 0.0125. The number of carboxylic acid groups (broad SMARTS) is 6. The van der Waals surface area contributed by atoms with Gasteiger partial charge in [-0.15, -0.1) is 4.74 Å². The average molecular weight is 1160 g/mol. The number of rotatable bonds is 29. The summed E-state index contributed by atoms with van der Waals surface area (Å²) in [4.78, 5) is 156. The number of hydrogen-bond acceptors (Lipinski definition) is 17. The number of hydrogen-bond donors (Lipinski definition) is 12. The SMILES string of the molecule is O=C(O)CN1CCN(CC(=O)O)CCN(C(CCC(=O)NC[C@H]2CC[C@H](C(=O)N[C@@H](Cc3ccc4ccccc4c3)C(=O)NCCCC[C@H](NC(=O)N[C@@H](Cn3oc(=O)[nH]c3=O)C(=O)O)C(=O)O)CC2)C(=O)O)CCN(CC(=O)O)CC1. The van der Waals surface area contributed by atoms with E-state index in [1.54, 1.807) is 24.6 Å². The van der Waals surface area contributed by atoms with Crippen LogP contribution in [0.2, 0.25) is 0 Å². The first-order chi connectivity index (χ1) is 39.0. The topological polar surface area (TPSA) is 433 Å². The molecule has 1 aliphatic carbocycles. The van der Waals surface area contributed by atoms with Gasteiger partial charge in [-0.3, -0.25) is 53.2 Å². The summed E-state index contributed by atoms with van der Waals surface area (Å²) in [5.41, 5.74) is -0.290.